The van der Waals surface area contributed by atoms with Gasteiger partial charge in [-0.2, -0.15) is 0 Å². The Bertz CT molecular complexity index is 772. The Labute approximate surface area is 159 Å². The van der Waals surface area contributed by atoms with E-state index >= 15 is 0 Å². The summed E-state index contributed by atoms with van der Waals surface area (Å²) < 4.78 is 7.64. The maximum atomic E-state index is 5.30. The van der Waals surface area contributed by atoms with Gasteiger partial charge < -0.3 is 14.6 Å². The monoisotopic (exact) mass is 370 g/mol. The Morgan fingerprint density at radius 2 is 2.12 bits per heavy atom. The molecule has 26 heavy (non-hydrogen) atoms. The van der Waals surface area contributed by atoms with Crippen LogP contribution in [0, 0.1) is 11.8 Å². The number of nitrogens with zero attached hydrogens (tertiary/aromatic N) is 3. The van der Waals surface area contributed by atoms with Gasteiger partial charge in [-0.15, -0.1) is 16.1 Å². The quantitative estimate of drug-likeness (QED) is 0.574. The SMILES string of the molecule is CC#CCSc1nnc(CNc2cccc(OC)c2)n1C1CCCCC1. The Hall–Kier alpha value is -2.13. The molecule has 0 aliphatic heterocycles. The van der Waals surface area contributed by atoms with Gasteiger partial charge in [-0.05, 0) is 31.9 Å². The fourth-order valence-electron chi connectivity index (χ4n) is 3.32. The summed E-state index contributed by atoms with van der Waals surface area (Å²) in [5.74, 6) is 8.65. The van der Waals surface area contributed by atoms with E-state index in [1.54, 1.807) is 18.9 Å². The number of ether oxygens (including phenoxy) is 1. The zero-order chi connectivity index (χ0) is 18.2. The molecule has 3 rings (SSSR count). The van der Waals surface area contributed by atoms with Crippen molar-refractivity contribution in [1.29, 1.82) is 0 Å². The van der Waals surface area contributed by atoms with Crippen molar-refractivity contribution in [2.45, 2.75) is 56.8 Å². The third-order valence-electron chi connectivity index (χ3n) is 4.65. The summed E-state index contributed by atoms with van der Waals surface area (Å²) in [4.78, 5) is 0. The summed E-state index contributed by atoms with van der Waals surface area (Å²) in [6.45, 7) is 2.52. The molecule has 0 unspecified atom stereocenters. The second-order valence-corrected chi connectivity index (χ2v) is 7.30. The second-order valence-electron chi connectivity index (χ2n) is 6.36. The summed E-state index contributed by atoms with van der Waals surface area (Å²) in [6, 6.07) is 8.46. The average Bonchev–Trinajstić information content (AvgIpc) is 3.10. The maximum absolute atomic E-state index is 5.30. The van der Waals surface area contributed by atoms with Crippen LogP contribution in [0.2, 0.25) is 0 Å². The standard InChI is InChI=1S/C20H26N4OS/c1-3-4-13-26-20-23-22-19(24(20)17-10-6-5-7-11-17)15-21-16-9-8-12-18(14-16)25-2/h8-9,12,14,17,21H,5-7,10-11,13,15H2,1-2H3. The fourth-order valence-corrected chi connectivity index (χ4v) is 4.16. The van der Waals surface area contributed by atoms with Crippen molar-refractivity contribution in [1.82, 2.24) is 14.8 Å². The Morgan fingerprint density at radius 3 is 2.88 bits per heavy atom. The molecule has 0 bridgehead atoms. The van der Waals surface area contributed by atoms with Crippen molar-refractivity contribution < 1.29 is 4.74 Å². The molecular weight excluding hydrogens is 344 g/mol. The first-order valence-electron chi connectivity index (χ1n) is 9.16. The van der Waals surface area contributed by atoms with Crippen LogP contribution < -0.4 is 10.1 Å². The highest BCUT2D eigenvalue weighted by molar-refractivity contribution is 7.99. The predicted octanol–water partition coefficient (Wildman–Crippen LogP) is 4.52. The zero-order valence-electron chi connectivity index (χ0n) is 15.5. The lowest BCUT2D eigenvalue weighted by molar-refractivity contribution is 0.330. The first-order valence-corrected chi connectivity index (χ1v) is 10.1. The number of rotatable bonds is 7. The van der Waals surface area contributed by atoms with E-state index in [0.717, 1.165) is 28.2 Å². The minimum atomic E-state index is 0.498. The van der Waals surface area contributed by atoms with Crippen molar-refractivity contribution in [3.05, 3.63) is 30.1 Å². The van der Waals surface area contributed by atoms with Crippen LogP contribution in [0.15, 0.2) is 29.4 Å². The molecule has 1 aromatic heterocycles. The molecular formula is C20H26N4OS. The molecule has 1 aliphatic rings. The predicted molar refractivity (Wildman–Crippen MR) is 107 cm³/mol. The highest BCUT2D eigenvalue weighted by Crippen LogP contribution is 2.32. The molecule has 5 nitrogen and oxygen atoms in total. The van der Waals surface area contributed by atoms with Crippen molar-refractivity contribution in [3.63, 3.8) is 0 Å². The van der Waals surface area contributed by atoms with E-state index in [9.17, 15) is 0 Å². The van der Waals surface area contributed by atoms with Crippen LogP contribution >= 0.6 is 11.8 Å². The van der Waals surface area contributed by atoms with Crippen molar-refractivity contribution >= 4 is 17.4 Å². The number of hydrogen-bond acceptors (Lipinski definition) is 5. The number of hydrogen-bond donors (Lipinski definition) is 1. The van der Waals surface area contributed by atoms with Crippen LogP contribution in [0.25, 0.3) is 0 Å². The molecule has 1 fully saturated rings. The normalized spacial score (nSPS) is 14.5. The molecule has 1 aliphatic carbocycles. The van der Waals surface area contributed by atoms with Gasteiger partial charge in [-0.1, -0.05) is 43.0 Å². The van der Waals surface area contributed by atoms with Crippen molar-refractivity contribution in [2.75, 3.05) is 18.2 Å². The Kier molecular flexibility index (Phi) is 6.84. The Balaban J connectivity index is 1.76. The van der Waals surface area contributed by atoms with Gasteiger partial charge in [-0.25, -0.2) is 0 Å². The molecule has 1 saturated carbocycles. The molecule has 0 spiro atoms. The van der Waals surface area contributed by atoms with Gasteiger partial charge in [0.15, 0.2) is 11.0 Å². The van der Waals surface area contributed by atoms with Gasteiger partial charge in [0.05, 0.1) is 19.4 Å². The number of aromatic nitrogens is 3. The Morgan fingerprint density at radius 1 is 1.27 bits per heavy atom. The molecule has 1 heterocycles. The van der Waals surface area contributed by atoms with Crippen LogP contribution in [0.5, 0.6) is 5.75 Å². The molecule has 1 aromatic carbocycles. The van der Waals surface area contributed by atoms with E-state index in [0.29, 0.717) is 12.6 Å². The van der Waals surface area contributed by atoms with Gasteiger partial charge >= 0.3 is 0 Å². The minimum absolute atomic E-state index is 0.498. The van der Waals surface area contributed by atoms with Crippen LogP contribution in [-0.4, -0.2) is 27.6 Å². The van der Waals surface area contributed by atoms with E-state index < -0.39 is 0 Å². The second kappa shape index (κ2) is 9.54. The number of benzene rings is 1. The highest BCUT2D eigenvalue weighted by atomic mass is 32.2. The van der Waals surface area contributed by atoms with Gasteiger partial charge in [0.2, 0.25) is 0 Å². The first-order chi connectivity index (χ1) is 12.8. The molecule has 2 aromatic rings. The third-order valence-corrected chi connectivity index (χ3v) is 5.47. The molecule has 6 heteroatoms. The lowest BCUT2D eigenvalue weighted by atomic mass is 9.95. The largest absolute Gasteiger partial charge is 0.497 e. The highest BCUT2D eigenvalue weighted by Gasteiger charge is 2.22. The molecule has 0 saturated heterocycles. The summed E-state index contributed by atoms with van der Waals surface area (Å²) in [6.07, 6.45) is 6.31. The lowest BCUT2D eigenvalue weighted by Gasteiger charge is -2.25. The van der Waals surface area contributed by atoms with Crippen LogP contribution in [0.4, 0.5) is 5.69 Å². The van der Waals surface area contributed by atoms with Gasteiger partial charge in [0.1, 0.15) is 5.75 Å². The lowest BCUT2D eigenvalue weighted by Crippen LogP contribution is -2.18. The third kappa shape index (κ3) is 4.73. The summed E-state index contributed by atoms with van der Waals surface area (Å²) >= 11 is 1.68. The first kappa shape index (κ1) is 18.7. The van der Waals surface area contributed by atoms with Gasteiger partial charge in [0.25, 0.3) is 0 Å². The van der Waals surface area contributed by atoms with E-state index in [2.05, 4.69) is 31.9 Å². The van der Waals surface area contributed by atoms with E-state index in [1.165, 1.54) is 32.1 Å². The van der Waals surface area contributed by atoms with Crippen molar-refractivity contribution in [3.8, 4) is 17.6 Å². The number of methoxy groups -OCH3 is 1. The zero-order valence-corrected chi connectivity index (χ0v) is 16.3. The summed E-state index contributed by atoms with van der Waals surface area (Å²) in [7, 11) is 1.68. The van der Waals surface area contributed by atoms with Crippen LogP contribution in [0.1, 0.15) is 50.9 Å². The fraction of sp³-hybridized carbons (Fsp3) is 0.500. The van der Waals surface area contributed by atoms with E-state index in [4.69, 9.17) is 4.74 Å². The van der Waals surface area contributed by atoms with Gasteiger partial charge in [-0.3, -0.25) is 0 Å². The minimum Gasteiger partial charge on any atom is -0.497 e. The topological polar surface area (TPSA) is 52.0 Å². The van der Waals surface area contributed by atoms with Gasteiger partial charge in [0, 0.05) is 17.8 Å². The average molecular weight is 371 g/mol. The molecule has 138 valence electrons. The van der Waals surface area contributed by atoms with E-state index in [1.807, 2.05) is 31.2 Å². The molecule has 0 amide bonds. The van der Waals surface area contributed by atoms with Crippen LogP contribution in [0.3, 0.4) is 0 Å². The molecule has 0 radical (unpaired) electrons. The number of nitrogens with one attached hydrogen (secondary N) is 1. The van der Waals surface area contributed by atoms with E-state index in [-0.39, 0.29) is 0 Å². The summed E-state index contributed by atoms with van der Waals surface area (Å²) in [5, 5.41) is 13.4. The number of anilines is 1. The molecule has 1 N–H and O–H groups in total. The maximum Gasteiger partial charge on any atom is 0.192 e. The van der Waals surface area contributed by atoms with Crippen molar-refractivity contribution in [2.24, 2.45) is 0 Å². The summed E-state index contributed by atoms with van der Waals surface area (Å²) in [5.41, 5.74) is 1.02. The smallest absolute Gasteiger partial charge is 0.192 e. The molecule has 0 atom stereocenters. The number of thioether (sulfide) groups is 1. The van der Waals surface area contributed by atoms with Crippen LogP contribution in [-0.2, 0) is 6.54 Å².